The Morgan fingerprint density at radius 2 is 0.423 bits per heavy atom. The van der Waals surface area contributed by atoms with Crippen molar-refractivity contribution >= 4 is 58.3 Å². The van der Waals surface area contributed by atoms with E-state index in [0.29, 0.717) is 73.8 Å². The van der Waals surface area contributed by atoms with Crippen molar-refractivity contribution < 1.29 is 33.5 Å². The Morgan fingerprint density at radius 3 is 0.577 bits per heavy atom. The number of phosphoric acid groups is 1. The molecule has 0 radical (unpaired) electrons. The van der Waals surface area contributed by atoms with E-state index in [4.69, 9.17) is 33.5 Å². The van der Waals surface area contributed by atoms with E-state index in [-0.39, 0.29) is 0 Å². The Labute approximate surface area is 828 Å². The summed E-state index contributed by atoms with van der Waals surface area (Å²) in [6.07, 6.45) is 44.0. The van der Waals surface area contributed by atoms with E-state index >= 15 is 0 Å². The second kappa shape index (κ2) is 54.7. The quantitative estimate of drug-likeness (QED) is 0.0255. The van der Waals surface area contributed by atoms with Gasteiger partial charge in [-0.3, -0.25) is 0 Å². The first kappa shape index (κ1) is 107. The Hall–Kier alpha value is -9.01. The standard InChI is InChI=1S/3C41H56N2O.H3O4P/c3*1-6-40(33-19-17-32(18-20-33)31(2)3)41(35-23-27-39(28-24-35)44-30-29-42(4)5)34-21-25-38(26-22-34)43(36-13-9-7-10-14-36)37-15-11-8-12-16-37;1-5(2,3)4/h3*17-28,31,36-37H,6-16,29-30H2,1-5H3;(H3,1,2,3,4). The molecule has 15 rings (SSSR count). The molecule has 14 heteroatoms. The molecule has 6 aliphatic carbocycles. The van der Waals surface area contributed by atoms with Crippen molar-refractivity contribution in [1.29, 1.82) is 0 Å². The number of rotatable bonds is 36. The smallest absolute Gasteiger partial charge is 0.466 e. The molecule has 6 fully saturated rings. The minimum Gasteiger partial charge on any atom is -0.492 e. The molecular weight excluding hydrogens is 1700 g/mol. The third-order valence-corrected chi connectivity index (χ3v) is 29.8. The number of nitrogens with zero attached hydrogens (tertiary/aromatic N) is 6. The van der Waals surface area contributed by atoms with Crippen molar-refractivity contribution in [3.63, 3.8) is 0 Å². The van der Waals surface area contributed by atoms with Gasteiger partial charge in [0.15, 0.2) is 0 Å². The van der Waals surface area contributed by atoms with E-state index < -0.39 is 7.82 Å². The summed E-state index contributed by atoms with van der Waals surface area (Å²) in [6.45, 7) is 25.3. The third-order valence-electron chi connectivity index (χ3n) is 29.8. The summed E-state index contributed by atoms with van der Waals surface area (Å²) >= 11 is 0. The molecule has 0 amide bonds. The highest BCUT2D eigenvalue weighted by Gasteiger charge is 2.34. The van der Waals surface area contributed by atoms with Crippen molar-refractivity contribution in [1.82, 2.24) is 14.7 Å². The van der Waals surface area contributed by atoms with Crippen LogP contribution in [-0.2, 0) is 4.57 Å². The molecule has 0 bridgehead atoms. The summed E-state index contributed by atoms with van der Waals surface area (Å²) in [6, 6.07) is 87.4. The minimum atomic E-state index is -4.64. The fourth-order valence-corrected chi connectivity index (χ4v) is 22.2. The van der Waals surface area contributed by atoms with Crippen LogP contribution in [0.2, 0.25) is 0 Å². The molecule has 9 aromatic rings. The Balaban J connectivity index is 0.000000180. The highest BCUT2D eigenvalue weighted by atomic mass is 31.2. The molecular formula is C123H171N6O7P. The zero-order chi connectivity index (χ0) is 97.2. The van der Waals surface area contributed by atoms with Crippen LogP contribution in [0, 0.1) is 0 Å². The minimum absolute atomic E-state index is 0.529. The van der Waals surface area contributed by atoms with Crippen LogP contribution in [0.5, 0.6) is 17.2 Å². The Bertz CT molecular complexity index is 4570. The van der Waals surface area contributed by atoms with Gasteiger partial charge >= 0.3 is 7.82 Å². The lowest BCUT2D eigenvalue weighted by Gasteiger charge is -2.43. The molecule has 13 nitrogen and oxygen atoms in total. The molecule has 0 aromatic heterocycles. The molecule has 9 aromatic carbocycles. The highest BCUT2D eigenvalue weighted by Crippen LogP contribution is 2.45. The van der Waals surface area contributed by atoms with E-state index in [1.54, 1.807) is 0 Å². The van der Waals surface area contributed by atoms with Gasteiger partial charge in [-0.25, -0.2) is 4.57 Å². The highest BCUT2D eigenvalue weighted by molar-refractivity contribution is 7.45. The molecule has 0 unspecified atom stereocenters. The van der Waals surface area contributed by atoms with Crippen LogP contribution < -0.4 is 28.9 Å². The van der Waals surface area contributed by atoms with Crippen molar-refractivity contribution in [3.05, 3.63) is 285 Å². The van der Waals surface area contributed by atoms with Gasteiger partial charge in [0.2, 0.25) is 0 Å². The summed E-state index contributed by atoms with van der Waals surface area (Å²) in [5, 5.41) is 0. The first-order valence-electron chi connectivity index (χ1n) is 53.4. The van der Waals surface area contributed by atoms with Gasteiger partial charge in [-0.05, 0) is 329 Å². The number of benzene rings is 9. The number of likely N-dealkylation sites (N-methyl/N-ethyl adjacent to an activating group) is 3. The topological polar surface area (TPSA) is 125 Å². The van der Waals surface area contributed by atoms with Gasteiger partial charge in [-0.15, -0.1) is 0 Å². The molecule has 0 atom stereocenters. The zero-order valence-corrected chi connectivity index (χ0v) is 87.6. The predicted molar refractivity (Wildman–Crippen MR) is 584 cm³/mol. The van der Waals surface area contributed by atoms with Crippen molar-refractivity contribution in [3.8, 4) is 17.2 Å². The maximum absolute atomic E-state index is 8.88. The molecule has 0 aliphatic heterocycles. The van der Waals surface area contributed by atoms with E-state index in [2.05, 4.69) is 352 Å². The monoisotopic (exact) mass is 1880 g/mol. The summed E-state index contributed by atoms with van der Waals surface area (Å²) in [7, 11) is 7.85. The maximum atomic E-state index is 8.88. The predicted octanol–water partition coefficient (Wildman–Crippen LogP) is 30.8. The van der Waals surface area contributed by atoms with Crippen LogP contribution in [0.4, 0.5) is 17.1 Å². The molecule has 740 valence electrons. The van der Waals surface area contributed by atoms with Crippen LogP contribution in [0.25, 0.3) is 33.4 Å². The van der Waals surface area contributed by atoms with Crippen molar-refractivity contribution in [2.45, 2.75) is 328 Å². The molecule has 6 saturated carbocycles. The first-order valence-corrected chi connectivity index (χ1v) is 55.0. The second-order valence-corrected chi connectivity index (χ2v) is 42.6. The summed E-state index contributed by atoms with van der Waals surface area (Å²) < 4.78 is 27.1. The normalized spacial score (nSPS) is 17.0. The van der Waals surface area contributed by atoms with Crippen LogP contribution in [0.1, 0.15) is 359 Å². The van der Waals surface area contributed by atoms with E-state index in [0.717, 1.165) is 56.1 Å². The SMILES string of the molecule is CCC(=C(c1ccc(OCCN(C)C)cc1)c1ccc(N(C2CCCCC2)C2CCCCC2)cc1)c1ccc(C(C)C)cc1.CCC(=C(c1ccc(OCCN(C)C)cc1)c1ccc(N(C2CCCCC2)C2CCCCC2)cc1)c1ccc(C(C)C)cc1.CCC(=C(c1ccc(OCCN(C)C)cc1)c1ccc(N(C2CCCCC2)C2CCCCC2)cc1)c1ccc(C(C)C)cc1.O=P(O)(O)O. The lowest BCUT2D eigenvalue weighted by Crippen LogP contribution is -2.45. The number of hydrogen-bond acceptors (Lipinski definition) is 10. The molecule has 0 spiro atoms. The van der Waals surface area contributed by atoms with Crippen molar-refractivity contribution in [2.24, 2.45) is 0 Å². The summed E-state index contributed by atoms with van der Waals surface area (Å²) in [5.41, 5.74) is 28.2. The van der Waals surface area contributed by atoms with Gasteiger partial charge < -0.3 is 58.3 Å². The molecule has 137 heavy (non-hydrogen) atoms. The van der Waals surface area contributed by atoms with Gasteiger partial charge in [0.05, 0.1) is 0 Å². The van der Waals surface area contributed by atoms with E-state index in [1.165, 1.54) is 310 Å². The number of hydrogen-bond donors (Lipinski definition) is 3. The van der Waals surface area contributed by atoms with Gasteiger partial charge in [-0.1, -0.05) is 323 Å². The molecule has 3 N–H and O–H groups in total. The van der Waals surface area contributed by atoms with Crippen LogP contribution in [0.3, 0.4) is 0 Å². The number of allylic oxidation sites excluding steroid dienone is 3. The number of anilines is 3. The summed E-state index contributed by atoms with van der Waals surface area (Å²) in [4.78, 5) is 36.6. The van der Waals surface area contributed by atoms with Crippen LogP contribution in [0.15, 0.2) is 218 Å². The fraction of sp³-hybridized carbons (Fsp3) is 0.512. The van der Waals surface area contributed by atoms with Crippen molar-refractivity contribution in [2.75, 3.05) is 96.4 Å². The van der Waals surface area contributed by atoms with Gasteiger partial charge in [0.1, 0.15) is 37.1 Å². The van der Waals surface area contributed by atoms with E-state index in [9.17, 15) is 0 Å². The maximum Gasteiger partial charge on any atom is 0.466 e. The van der Waals surface area contributed by atoms with Crippen LogP contribution >= 0.6 is 7.82 Å². The molecule has 6 aliphatic rings. The average Bonchev–Trinajstić information content (AvgIpc) is 0.787. The van der Waals surface area contributed by atoms with Gasteiger partial charge in [-0.2, -0.15) is 0 Å². The summed E-state index contributed by atoms with van der Waals surface area (Å²) in [5.74, 6) is 4.38. The molecule has 0 saturated heterocycles. The van der Waals surface area contributed by atoms with Gasteiger partial charge in [0, 0.05) is 72.9 Å². The Morgan fingerprint density at radius 1 is 0.263 bits per heavy atom. The third kappa shape index (κ3) is 32.0. The zero-order valence-electron chi connectivity index (χ0n) is 86.7. The average molecular weight is 1880 g/mol. The molecule has 0 heterocycles. The first-order chi connectivity index (χ1) is 66.3. The van der Waals surface area contributed by atoms with Gasteiger partial charge in [0.25, 0.3) is 0 Å². The largest absolute Gasteiger partial charge is 0.492 e. The Kier molecular flexibility index (Phi) is 42.6. The number of ether oxygens (including phenoxy) is 3. The van der Waals surface area contributed by atoms with Crippen LogP contribution in [-0.4, -0.2) is 147 Å². The lowest BCUT2D eigenvalue weighted by atomic mass is 9.86. The van der Waals surface area contributed by atoms with E-state index in [1.807, 2.05) is 0 Å². The lowest BCUT2D eigenvalue weighted by molar-refractivity contribution is 0.261. The fourth-order valence-electron chi connectivity index (χ4n) is 22.2. The second-order valence-electron chi connectivity index (χ2n) is 41.6.